The van der Waals surface area contributed by atoms with Crippen molar-refractivity contribution in [3.8, 4) is 0 Å². The van der Waals surface area contributed by atoms with Crippen LogP contribution in [0.15, 0.2) is 30.3 Å². The van der Waals surface area contributed by atoms with Gasteiger partial charge in [0.15, 0.2) is 0 Å². The molecule has 1 aliphatic carbocycles. The Morgan fingerprint density at radius 1 is 1.24 bits per heavy atom. The van der Waals surface area contributed by atoms with E-state index in [1.807, 2.05) is 0 Å². The van der Waals surface area contributed by atoms with Crippen LogP contribution in [0, 0.1) is 5.92 Å². The number of amides is 1. The standard InChI is InChI=1S/C18H28N2O/c1-14(13-19)7-12-18(21)20-17-10-8-16(9-11-17)15-5-3-2-4-6-15/h2-6,14,16-17H,7-13,19H2,1H3,(H,20,21). The van der Waals surface area contributed by atoms with Gasteiger partial charge in [-0.1, -0.05) is 37.3 Å². The van der Waals surface area contributed by atoms with Gasteiger partial charge < -0.3 is 11.1 Å². The van der Waals surface area contributed by atoms with Gasteiger partial charge in [-0.25, -0.2) is 0 Å². The number of nitrogens with two attached hydrogens (primary N) is 1. The van der Waals surface area contributed by atoms with Gasteiger partial charge in [0.05, 0.1) is 0 Å². The molecular formula is C18H28N2O. The van der Waals surface area contributed by atoms with Crippen molar-refractivity contribution >= 4 is 5.91 Å². The minimum atomic E-state index is 0.193. The van der Waals surface area contributed by atoms with Crippen LogP contribution in [0.2, 0.25) is 0 Å². The predicted octanol–water partition coefficient (Wildman–Crippen LogP) is 3.20. The van der Waals surface area contributed by atoms with E-state index in [-0.39, 0.29) is 5.91 Å². The number of hydrogen-bond donors (Lipinski definition) is 2. The zero-order valence-electron chi connectivity index (χ0n) is 13.1. The lowest BCUT2D eigenvalue weighted by Gasteiger charge is -2.29. The highest BCUT2D eigenvalue weighted by molar-refractivity contribution is 5.76. The third kappa shape index (κ3) is 5.16. The van der Waals surface area contributed by atoms with Crippen LogP contribution in [0.4, 0.5) is 0 Å². The zero-order chi connectivity index (χ0) is 15.1. The molecule has 3 heteroatoms. The maximum Gasteiger partial charge on any atom is 0.220 e. The Kier molecular flexibility index (Phi) is 6.24. The Hall–Kier alpha value is -1.35. The van der Waals surface area contributed by atoms with Crippen molar-refractivity contribution in [1.29, 1.82) is 0 Å². The molecule has 21 heavy (non-hydrogen) atoms. The molecule has 0 saturated heterocycles. The molecule has 1 saturated carbocycles. The molecule has 0 heterocycles. The lowest BCUT2D eigenvalue weighted by Crippen LogP contribution is -2.37. The fraction of sp³-hybridized carbons (Fsp3) is 0.611. The third-order valence-corrected chi connectivity index (χ3v) is 4.63. The SMILES string of the molecule is CC(CN)CCC(=O)NC1CCC(c2ccccc2)CC1. The largest absolute Gasteiger partial charge is 0.353 e. The second-order valence-corrected chi connectivity index (χ2v) is 6.41. The van der Waals surface area contributed by atoms with Crippen molar-refractivity contribution in [3.05, 3.63) is 35.9 Å². The maximum atomic E-state index is 11.9. The Balaban J connectivity index is 1.70. The van der Waals surface area contributed by atoms with Gasteiger partial charge in [-0.3, -0.25) is 4.79 Å². The van der Waals surface area contributed by atoms with E-state index >= 15 is 0 Å². The van der Waals surface area contributed by atoms with Gasteiger partial charge in [0.2, 0.25) is 5.91 Å². The topological polar surface area (TPSA) is 55.1 Å². The number of carbonyl (C=O) groups is 1. The van der Waals surface area contributed by atoms with Crippen LogP contribution in [0.25, 0.3) is 0 Å². The van der Waals surface area contributed by atoms with Gasteiger partial charge in [-0.15, -0.1) is 0 Å². The molecule has 1 aromatic carbocycles. The first-order chi connectivity index (χ1) is 10.2. The van der Waals surface area contributed by atoms with E-state index in [4.69, 9.17) is 5.73 Å². The molecule has 1 atom stereocenters. The minimum Gasteiger partial charge on any atom is -0.353 e. The summed E-state index contributed by atoms with van der Waals surface area (Å²) in [6.07, 6.45) is 6.04. The molecule has 2 rings (SSSR count). The summed E-state index contributed by atoms with van der Waals surface area (Å²) in [7, 11) is 0. The molecule has 116 valence electrons. The van der Waals surface area contributed by atoms with Crippen molar-refractivity contribution in [2.24, 2.45) is 11.7 Å². The first-order valence-corrected chi connectivity index (χ1v) is 8.23. The molecular weight excluding hydrogens is 260 g/mol. The summed E-state index contributed by atoms with van der Waals surface area (Å²) in [5, 5.41) is 3.19. The summed E-state index contributed by atoms with van der Waals surface area (Å²) >= 11 is 0. The van der Waals surface area contributed by atoms with Crippen LogP contribution >= 0.6 is 0 Å². The van der Waals surface area contributed by atoms with Crippen LogP contribution in [-0.2, 0) is 4.79 Å². The Labute approximate surface area is 128 Å². The molecule has 1 fully saturated rings. The summed E-state index contributed by atoms with van der Waals surface area (Å²) in [6, 6.07) is 11.1. The highest BCUT2D eigenvalue weighted by Crippen LogP contribution is 2.32. The first-order valence-electron chi connectivity index (χ1n) is 8.23. The molecule has 0 spiro atoms. The fourth-order valence-electron chi connectivity index (χ4n) is 3.09. The molecule has 1 aromatic rings. The van der Waals surface area contributed by atoms with Gasteiger partial charge in [-0.2, -0.15) is 0 Å². The Morgan fingerprint density at radius 2 is 1.90 bits per heavy atom. The third-order valence-electron chi connectivity index (χ3n) is 4.63. The summed E-state index contributed by atoms with van der Waals surface area (Å²) < 4.78 is 0. The number of rotatable bonds is 6. The van der Waals surface area contributed by atoms with E-state index in [2.05, 4.69) is 42.6 Å². The Bertz CT molecular complexity index is 424. The molecule has 0 bridgehead atoms. The van der Waals surface area contributed by atoms with Crippen LogP contribution < -0.4 is 11.1 Å². The van der Waals surface area contributed by atoms with Crippen LogP contribution in [0.5, 0.6) is 0 Å². The van der Waals surface area contributed by atoms with Crippen molar-refractivity contribution in [2.75, 3.05) is 6.54 Å². The molecule has 0 radical (unpaired) electrons. The Morgan fingerprint density at radius 3 is 2.52 bits per heavy atom. The van der Waals surface area contributed by atoms with E-state index in [1.165, 1.54) is 18.4 Å². The van der Waals surface area contributed by atoms with Crippen LogP contribution in [0.1, 0.15) is 56.9 Å². The van der Waals surface area contributed by atoms with Crippen molar-refractivity contribution < 1.29 is 4.79 Å². The van der Waals surface area contributed by atoms with Gasteiger partial charge in [0, 0.05) is 12.5 Å². The van der Waals surface area contributed by atoms with Gasteiger partial charge in [-0.05, 0) is 56.0 Å². The van der Waals surface area contributed by atoms with Crippen molar-refractivity contribution in [1.82, 2.24) is 5.32 Å². The molecule has 1 unspecified atom stereocenters. The highest BCUT2D eigenvalue weighted by atomic mass is 16.1. The lowest BCUT2D eigenvalue weighted by molar-refractivity contribution is -0.122. The quantitative estimate of drug-likeness (QED) is 0.844. The maximum absolute atomic E-state index is 11.9. The molecule has 1 amide bonds. The van der Waals surface area contributed by atoms with Crippen molar-refractivity contribution in [2.45, 2.75) is 57.4 Å². The number of hydrogen-bond acceptors (Lipinski definition) is 2. The van der Waals surface area contributed by atoms with E-state index in [9.17, 15) is 4.79 Å². The number of nitrogens with one attached hydrogen (secondary N) is 1. The molecule has 0 aromatic heterocycles. The number of carbonyl (C=O) groups excluding carboxylic acids is 1. The second kappa shape index (κ2) is 8.18. The highest BCUT2D eigenvalue weighted by Gasteiger charge is 2.23. The minimum absolute atomic E-state index is 0.193. The van der Waals surface area contributed by atoms with E-state index in [0.717, 1.165) is 19.3 Å². The van der Waals surface area contributed by atoms with Crippen LogP contribution in [-0.4, -0.2) is 18.5 Å². The number of benzene rings is 1. The normalized spacial score (nSPS) is 23.5. The van der Waals surface area contributed by atoms with Gasteiger partial charge in [0.25, 0.3) is 0 Å². The second-order valence-electron chi connectivity index (χ2n) is 6.41. The zero-order valence-corrected chi connectivity index (χ0v) is 13.1. The van der Waals surface area contributed by atoms with E-state index < -0.39 is 0 Å². The summed E-state index contributed by atoms with van der Waals surface area (Å²) in [5.74, 6) is 1.29. The monoisotopic (exact) mass is 288 g/mol. The lowest BCUT2D eigenvalue weighted by atomic mass is 9.82. The molecule has 3 N–H and O–H groups in total. The average molecular weight is 288 g/mol. The average Bonchev–Trinajstić information content (AvgIpc) is 2.54. The summed E-state index contributed by atoms with van der Waals surface area (Å²) in [6.45, 7) is 2.76. The van der Waals surface area contributed by atoms with Gasteiger partial charge >= 0.3 is 0 Å². The summed E-state index contributed by atoms with van der Waals surface area (Å²) in [4.78, 5) is 11.9. The van der Waals surface area contributed by atoms with E-state index in [0.29, 0.717) is 30.8 Å². The summed E-state index contributed by atoms with van der Waals surface area (Å²) in [5.41, 5.74) is 7.02. The molecule has 1 aliphatic rings. The van der Waals surface area contributed by atoms with Crippen LogP contribution in [0.3, 0.4) is 0 Å². The predicted molar refractivity (Wildman–Crippen MR) is 87.0 cm³/mol. The van der Waals surface area contributed by atoms with Crippen molar-refractivity contribution in [3.63, 3.8) is 0 Å². The van der Waals surface area contributed by atoms with Gasteiger partial charge in [0.1, 0.15) is 0 Å². The molecule has 3 nitrogen and oxygen atoms in total. The van der Waals surface area contributed by atoms with E-state index in [1.54, 1.807) is 0 Å². The fourth-order valence-corrected chi connectivity index (χ4v) is 3.09. The smallest absolute Gasteiger partial charge is 0.220 e. The molecule has 0 aliphatic heterocycles. The first kappa shape index (κ1) is 16.0.